The van der Waals surface area contributed by atoms with Crippen molar-refractivity contribution in [2.24, 2.45) is 5.92 Å². The first kappa shape index (κ1) is 26.2. The summed E-state index contributed by atoms with van der Waals surface area (Å²) in [6, 6.07) is 11.9. The van der Waals surface area contributed by atoms with Crippen molar-refractivity contribution in [1.29, 1.82) is 0 Å². The van der Waals surface area contributed by atoms with Gasteiger partial charge in [-0.2, -0.15) is 0 Å². The molecule has 0 radical (unpaired) electrons. The zero-order valence-electron chi connectivity index (χ0n) is 21.3. The lowest BCUT2D eigenvalue weighted by atomic mass is 9.84. The molecular formula is C28H33FN4O4S. The van der Waals surface area contributed by atoms with E-state index in [1.807, 2.05) is 0 Å². The zero-order valence-corrected chi connectivity index (χ0v) is 22.1. The van der Waals surface area contributed by atoms with E-state index in [0.717, 1.165) is 60.6 Å². The number of nitrogens with one attached hydrogen (secondary N) is 1. The van der Waals surface area contributed by atoms with Crippen LogP contribution in [0, 0.1) is 11.7 Å². The minimum absolute atomic E-state index is 0.0142. The second kappa shape index (κ2) is 11.6. The van der Waals surface area contributed by atoms with Gasteiger partial charge in [0, 0.05) is 25.3 Å². The number of carbonyl (C=O) groups is 1. The highest BCUT2D eigenvalue weighted by Gasteiger charge is 2.39. The van der Waals surface area contributed by atoms with Gasteiger partial charge >= 0.3 is 0 Å². The third-order valence-electron chi connectivity index (χ3n) is 7.52. The molecule has 1 aromatic heterocycles. The number of hydrogen-bond donors (Lipinski definition) is 1. The van der Waals surface area contributed by atoms with Crippen LogP contribution in [0.3, 0.4) is 0 Å². The number of sulfonamides is 1. The maximum atomic E-state index is 13.9. The molecule has 0 bridgehead atoms. The molecule has 0 spiro atoms. The van der Waals surface area contributed by atoms with Crippen molar-refractivity contribution in [3.05, 3.63) is 72.5 Å². The molecule has 10 heteroatoms. The molecule has 202 valence electrons. The van der Waals surface area contributed by atoms with E-state index in [9.17, 15) is 17.6 Å². The van der Waals surface area contributed by atoms with Crippen molar-refractivity contribution in [3.63, 3.8) is 0 Å². The minimum atomic E-state index is -4.11. The Morgan fingerprint density at radius 2 is 1.95 bits per heavy atom. The standard InChI is InChI=1S/C28H33FN4O4S/c29-23-11-12-25-22(18-23)13-15-32(25)16-14-31-28(34)26(17-21-7-3-1-4-8-21)33(27-19-30-20-37-27)38(35,36)24-9-5-2-6-10-24/h2,5-6,9-12,18-21,26H,1,3-4,7-8,13-17H2,(H,31,34). The van der Waals surface area contributed by atoms with E-state index in [1.54, 1.807) is 30.3 Å². The topological polar surface area (TPSA) is 95.8 Å². The molecule has 0 saturated heterocycles. The van der Waals surface area contributed by atoms with Gasteiger partial charge in [-0.25, -0.2) is 22.1 Å². The van der Waals surface area contributed by atoms with E-state index in [0.29, 0.717) is 19.5 Å². The Hall–Kier alpha value is -3.40. The molecule has 5 rings (SSSR count). The number of carbonyl (C=O) groups excluding carboxylic acids is 1. The molecule has 8 nitrogen and oxygen atoms in total. The minimum Gasteiger partial charge on any atom is -0.427 e. The number of nitrogens with zero attached hydrogens (tertiary/aromatic N) is 3. The summed E-state index contributed by atoms with van der Waals surface area (Å²) in [7, 11) is -4.11. The molecule has 1 fully saturated rings. The van der Waals surface area contributed by atoms with Crippen LogP contribution in [0.15, 0.2) is 70.4 Å². The van der Waals surface area contributed by atoms with Gasteiger partial charge in [0.1, 0.15) is 11.9 Å². The number of anilines is 2. The van der Waals surface area contributed by atoms with Gasteiger partial charge in [0.25, 0.3) is 10.0 Å². The number of aromatic nitrogens is 1. The van der Waals surface area contributed by atoms with Crippen molar-refractivity contribution >= 4 is 27.5 Å². The normalized spacial score (nSPS) is 16.7. The van der Waals surface area contributed by atoms with Gasteiger partial charge in [0.05, 0.1) is 11.1 Å². The molecule has 1 unspecified atom stereocenters. The van der Waals surface area contributed by atoms with Crippen LogP contribution in [0.1, 0.15) is 44.1 Å². The van der Waals surface area contributed by atoms with Gasteiger partial charge in [-0.05, 0) is 54.7 Å². The SMILES string of the molecule is O=C(NCCN1CCc2cc(F)ccc21)C(CC1CCCCC1)N(c1cnco1)S(=O)(=O)c1ccccc1. The summed E-state index contributed by atoms with van der Waals surface area (Å²) in [4.78, 5) is 19.9. The molecular weight excluding hydrogens is 507 g/mol. The molecule has 2 aliphatic rings. The average molecular weight is 541 g/mol. The van der Waals surface area contributed by atoms with Crippen molar-refractivity contribution in [2.45, 2.75) is 55.9 Å². The van der Waals surface area contributed by atoms with Crippen LogP contribution < -0.4 is 14.5 Å². The summed E-state index contributed by atoms with van der Waals surface area (Å²) in [5, 5.41) is 2.98. The molecule has 1 atom stereocenters. The Morgan fingerprint density at radius 3 is 2.68 bits per heavy atom. The number of rotatable bonds is 10. The number of halogens is 1. The largest absolute Gasteiger partial charge is 0.427 e. The number of oxazole rings is 1. The van der Waals surface area contributed by atoms with Crippen LogP contribution >= 0.6 is 0 Å². The highest BCUT2D eigenvalue weighted by molar-refractivity contribution is 7.92. The van der Waals surface area contributed by atoms with E-state index in [-0.39, 0.29) is 28.4 Å². The van der Waals surface area contributed by atoms with Crippen LogP contribution in [-0.4, -0.2) is 45.0 Å². The first-order valence-electron chi connectivity index (χ1n) is 13.2. The van der Waals surface area contributed by atoms with Gasteiger partial charge in [-0.15, -0.1) is 0 Å². The fourth-order valence-corrected chi connectivity index (χ4v) is 7.19. The maximum Gasteiger partial charge on any atom is 0.267 e. The van der Waals surface area contributed by atoms with Crippen LogP contribution in [0.2, 0.25) is 0 Å². The fourth-order valence-electron chi connectivity index (χ4n) is 5.61. The van der Waals surface area contributed by atoms with Crippen LogP contribution in [-0.2, 0) is 21.2 Å². The van der Waals surface area contributed by atoms with Crippen molar-refractivity contribution in [2.75, 3.05) is 28.8 Å². The van der Waals surface area contributed by atoms with Gasteiger partial charge < -0.3 is 14.6 Å². The Bertz CT molecular complexity index is 1330. The predicted octanol–water partition coefficient (Wildman–Crippen LogP) is 4.53. The Kier molecular flexibility index (Phi) is 7.97. The molecule has 3 aromatic rings. The average Bonchev–Trinajstić information content (AvgIpc) is 3.59. The second-order valence-electron chi connectivity index (χ2n) is 10.0. The highest BCUT2D eigenvalue weighted by Crippen LogP contribution is 2.33. The summed E-state index contributed by atoms with van der Waals surface area (Å²) in [6.07, 6.45) is 8.87. The number of hydrogen-bond acceptors (Lipinski definition) is 6. The smallest absolute Gasteiger partial charge is 0.267 e. The molecule has 1 amide bonds. The molecule has 2 aromatic carbocycles. The van der Waals surface area contributed by atoms with Crippen LogP contribution in [0.4, 0.5) is 16.0 Å². The van der Waals surface area contributed by atoms with Gasteiger partial charge in [-0.3, -0.25) is 4.79 Å². The summed E-state index contributed by atoms with van der Waals surface area (Å²) < 4.78 is 47.9. The van der Waals surface area contributed by atoms with Gasteiger partial charge in [0.2, 0.25) is 11.8 Å². The lowest BCUT2D eigenvalue weighted by Crippen LogP contribution is -2.51. The first-order chi connectivity index (χ1) is 18.4. The molecule has 1 N–H and O–H groups in total. The Balaban J connectivity index is 1.38. The molecule has 1 aliphatic carbocycles. The van der Waals surface area contributed by atoms with E-state index >= 15 is 0 Å². The summed E-state index contributed by atoms with van der Waals surface area (Å²) >= 11 is 0. The Labute approximate surface area is 222 Å². The molecule has 1 aliphatic heterocycles. The monoisotopic (exact) mass is 540 g/mol. The van der Waals surface area contributed by atoms with Gasteiger partial charge in [-0.1, -0.05) is 50.3 Å². The van der Waals surface area contributed by atoms with Crippen molar-refractivity contribution in [3.8, 4) is 0 Å². The second-order valence-corrected chi connectivity index (χ2v) is 11.8. The summed E-state index contributed by atoms with van der Waals surface area (Å²) in [5.74, 6) is -0.377. The van der Waals surface area contributed by atoms with Crippen LogP contribution in [0.25, 0.3) is 0 Å². The molecule has 38 heavy (non-hydrogen) atoms. The van der Waals surface area contributed by atoms with E-state index in [2.05, 4.69) is 15.2 Å². The summed E-state index contributed by atoms with van der Waals surface area (Å²) in [6.45, 7) is 1.60. The van der Waals surface area contributed by atoms with E-state index in [4.69, 9.17) is 4.42 Å². The van der Waals surface area contributed by atoms with E-state index in [1.165, 1.54) is 30.8 Å². The highest BCUT2D eigenvalue weighted by atomic mass is 32.2. The lowest BCUT2D eigenvalue weighted by molar-refractivity contribution is -0.122. The number of amides is 1. The molecule has 1 saturated carbocycles. The number of fused-ring (bicyclic) bond motifs is 1. The third kappa shape index (κ3) is 5.70. The zero-order chi connectivity index (χ0) is 26.5. The Morgan fingerprint density at radius 1 is 1.16 bits per heavy atom. The van der Waals surface area contributed by atoms with E-state index < -0.39 is 16.1 Å². The fraction of sp³-hybridized carbons (Fsp3) is 0.429. The molecule has 2 heterocycles. The van der Waals surface area contributed by atoms with Crippen molar-refractivity contribution in [1.82, 2.24) is 10.3 Å². The summed E-state index contributed by atoms with van der Waals surface area (Å²) in [5.41, 5.74) is 1.92. The third-order valence-corrected chi connectivity index (χ3v) is 9.34. The van der Waals surface area contributed by atoms with Crippen molar-refractivity contribution < 1.29 is 22.0 Å². The van der Waals surface area contributed by atoms with Gasteiger partial charge in [0.15, 0.2) is 6.39 Å². The first-order valence-corrected chi connectivity index (χ1v) is 14.7. The predicted molar refractivity (Wildman–Crippen MR) is 143 cm³/mol. The maximum absolute atomic E-state index is 13.9. The number of benzene rings is 2. The lowest BCUT2D eigenvalue weighted by Gasteiger charge is -2.33. The van der Waals surface area contributed by atoms with Crippen LogP contribution in [0.5, 0.6) is 0 Å². The quantitative estimate of drug-likeness (QED) is 0.406.